The van der Waals surface area contributed by atoms with Crippen LogP contribution in [0.5, 0.6) is 0 Å². The molecule has 1 rings (SSSR count). The van der Waals surface area contributed by atoms with Gasteiger partial charge in [-0.1, -0.05) is 13.8 Å². The quantitative estimate of drug-likeness (QED) is 0.760. The van der Waals surface area contributed by atoms with Crippen molar-refractivity contribution in [3.05, 3.63) is 0 Å². The van der Waals surface area contributed by atoms with Crippen molar-refractivity contribution in [1.29, 1.82) is 0 Å². The molecule has 0 aliphatic carbocycles. The maximum absolute atomic E-state index is 12.4. The standard InChI is InChI=1S/C14H25N3O3/c1-5-15-13(19)11-7-6-8-17(11)14(20)10(4)16-12(18)9(2)3/h9-11H,5-8H2,1-4H3,(H,15,19)(H,16,18)/t10-,11-/m0/s1. The molecule has 2 atom stereocenters. The molecule has 0 radical (unpaired) electrons. The van der Waals surface area contributed by atoms with Gasteiger partial charge in [-0.3, -0.25) is 14.4 Å². The molecule has 1 heterocycles. The number of carbonyl (C=O) groups is 3. The number of likely N-dealkylation sites (tertiary alicyclic amines) is 1. The molecule has 0 aromatic carbocycles. The smallest absolute Gasteiger partial charge is 0.245 e. The summed E-state index contributed by atoms with van der Waals surface area (Å²) in [6, 6.07) is -0.999. The molecule has 1 aliphatic rings. The molecule has 0 bridgehead atoms. The first-order valence-corrected chi connectivity index (χ1v) is 7.27. The van der Waals surface area contributed by atoms with Crippen LogP contribution >= 0.6 is 0 Å². The van der Waals surface area contributed by atoms with E-state index in [9.17, 15) is 14.4 Å². The SMILES string of the molecule is CCNC(=O)[C@@H]1CCCN1C(=O)[C@H](C)NC(=O)C(C)C. The first-order valence-electron chi connectivity index (χ1n) is 7.27. The van der Waals surface area contributed by atoms with E-state index in [0.717, 1.165) is 6.42 Å². The van der Waals surface area contributed by atoms with Crippen molar-refractivity contribution >= 4 is 17.7 Å². The van der Waals surface area contributed by atoms with Gasteiger partial charge in [0, 0.05) is 19.0 Å². The van der Waals surface area contributed by atoms with Crippen LogP contribution in [0.4, 0.5) is 0 Å². The highest BCUT2D eigenvalue weighted by Gasteiger charge is 2.36. The second-order valence-corrected chi connectivity index (χ2v) is 5.47. The molecule has 1 saturated heterocycles. The van der Waals surface area contributed by atoms with Gasteiger partial charge < -0.3 is 15.5 Å². The van der Waals surface area contributed by atoms with Crippen LogP contribution < -0.4 is 10.6 Å². The highest BCUT2D eigenvalue weighted by Crippen LogP contribution is 2.18. The molecule has 1 fully saturated rings. The van der Waals surface area contributed by atoms with Crippen LogP contribution in [-0.4, -0.2) is 47.8 Å². The van der Waals surface area contributed by atoms with Gasteiger partial charge in [0.05, 0.1) is 0 Å². The Balaban J connectivity index is 2.65. The normalized spacial score (nSPS) is 19.9. The predicted molar refractivity (Wildman–Crippen MR) is 75.9 cm³/mol. The molecule has 0 unspecified atom stereocenters. The van der Waals surface area contributed by atoms with Gasteiger partial charge in [-0.05, 0) is 26.7 Å². The molecule has 6 heteroatoms. The minimum atomic E-state index is -0.597. The summed E-state index contributed by atoms with van der Waals surface area (Å²) in [6.07, 6.45) is 1.50. The summed E-state index contributed by atoms with van der Waals surface area (Å²) in [6.45, 7) is 8.19. The van der Waals surface area contributed by atoms with E-state index in [1.54, 1.807) is 25.7 Å². The molecule has 6 nitrogen and oxygen atoms in total. The second-order valence-electron chi connectivity index (χ2n) is 5.47. The molecule has 3 amide bonds. The fourth-order valence-electron chi connectivity index (χ4n) is 2.29. The van der Waals surface area contributed by atoms with Gasteiger partial charge >= 0.3 is 0 Å². The zero-order valence-electron chi connectivity index (χ0n) is 12.7. The lowest BCUT2D eigenvalue weighted by Gasteiger charge is -2.27. The third-order valence-electron chi connectivity index (χ3n) is 3.44. The van der Waals surface area contributed by atoms with Gasteiger partial charge in [0.2, 0.25) is 17.7 Å². The summed E-state index contributed by atoms with van der Waals surface area (Å²) in [7, 11) is 0. The van der Waals surface area contributed by atoms with Crippen LogP contribution in [0, 0.1) is 5.92 Å². The Morgan fingerprint density at radius 3 is 2.45 bits per heavy atom. The molecule has 114 valence electrons. The summed E-state index contributed by atoms with van der Waals surface area (Å²) < 4.78 is 0. The fourth-order valence-corrected chi connectivity index (χ4v) is 2.29. The molecule has 2 N–H and O–H groups in total. The fraction of sp³-hybridized carbons (Fsp3) is 0.786. The number of hydrogen-bond donors (Lipinski definition) is 2. The van der Waals surface area contributed by atoms with E-state index >= 15 is 0 Å². The van der Waals surface area contributed by atoms with E-state index in [1.807, 2.05) is 6.92 Å². The van der Waals surface area contributed by atoms with E-state index in [2.05, 4.69) is 10.6 Å². The number of hydrogen-bond acceptors (Lipinski definition) is 3. The Hall–Kier alpha value is -1.59. The summed E-state index contributed by atoms with van der Waals surface area (Å²) in [5, 5.41) is 5.44. The molecular weight excluding hydrogens is 258 g/mol. The molecule has 0 aromatic heterocycles. The highest BCUT2D eigenvalue weighted by molar-refractivity contribution is 5.92. The van der Waals surface area contributed by atoms with Gasteiger partial charge in [-0.15, -0.1) is 0 Å². The van der Waals surface area contributed by atoms with Crippen molar-refractivity contribution in [3.63, 3.8) is 0 Å². The lowest BCUT2D eigenvalue weighted by atomic mass is 10.1. The summed E-state index contributed by atoms with van der Waals surface area (Å²) in [4.78, 5) is 37.5. The summed E-state index contributed by atoms with van der Waals surface area (Å²) in [5.41, 5.74) is 0. The monoisotopic (exact) mass is 283 g/mol. The maximum atomic E-state index is 12.4. The van der Waals surface area contributed by atoms with Crippen LogP contribution in [0.3, 0.4) is 0 Å². The van der Waals surface area contributed by atoms with E-state index < -0.39 is 12.1 Å². The molecule has 1 aliphatic heterocycles. The van der Waals surface area contributed by atoms with Crippen LogP contribution in [-0.2, 0) is 14.4 Å². The third kappa shape index (κ3) is 3.95. The average molecular weight is 283 g/mol. The van der Waals surface area contributed by atoms with E-state index in [-0.39, 0.29) is 23.6 Å². The van der Waals surface area contributed by atoms with Crippen LogP contribution in [0.2, 0.25) is 0 Å². The van der Waals surface area contributed by atoms with Crippen molar-refractivity contribution < 1.29 is 14.4 Å². The molecule has 0 saturated carbocycles. The second kappa shape index (κ2) is 7.26. The van der Waals surface area contributed by atoms with Crippen molar-refractivity contribution in [2.45, 2.75) is 52.6 Å². The van der Waals surface area contributed by atoms with Crippen molar-refractivity contribution in [2.24, 2.45) is 5.92 Å². The maximum Gasteiger partial charge on any atom is 0.245 e. The Kier molecular flexibility index (Phi) is 5.98. The molecular formula is C14H25N3O3. The van der Waals surface area contributed by atoms with Crippen LogP contribution in [0.1, 0.15) is 40.5 Å². The topological polar surface area (TPSA) is 78.5 Å². The minimum Gasteiger partial charge on any atom is -0.355 e. The lowest BCUT2D eigenvalue weighted by Crippen LogP contribution is -2.52. The number of carbonyl (C=O) groups excluding carboxylic acids is 3. The van der Waals surface area contributed by atoms with Gasteiger partial charge in [0.15, 0.2) is 0 Å². The van der Waals surface area contributed by atoms with Crippen molar-refractivity contribution in [2.75, 3.05) is 13.1 Å². The molecule has 0 spiro atoms. The highest BCUT2D eigenvalue weighted by atomic mass is 16.2. The Morgan fingerprint density at radius 2 is 1.90 bits per heavy atom. The van der Waals surface area contributed by atoms with Gasteiger partial charge in [-0.2, -0.15) is 0 Å². The van der Waals surface area contributed by atoms with Crippen LogP contribution in [0.15, 0.2) is 0 Å². The number of rotatable bonds is 5. The van der Waals surface area contributed by atoms with Gasteiger partial charge in [-0.25, -0.2) is 0 Å². The predicted octanol–water partition coefficient (Wildman–Crippen LogP) is 0.274. The zero-order valence-corrected chi connectivity index (χ0v) is 12.7. The van der Waals surface area contributed by atoms with Crippen LogP contribution in [0.25, 0.3) is 0 Å². The van der Waals surface area contributed by atoms with Gasteiger partial charge in [0.25, 0.3) is 0 Å². The first-order chi connectivity index (χ1) is 9.38. The largest absolute Gasteiger partial charge is 0.355 e. The minimum absolute atomic E-state index is 0.110. The number of nitrogens with one attached hydrogen (secondary N) is 2. The first kappa shape index (κ1) is 16.5. The van der Waals surface area contributed by atoms with E-state index in [4.69, 9.17) is 0 Å². The van der Waals surface area contributed by atoms with Gasteiger partial charge in [0.1, 0.15) is 12.1 Å². The van der Waals surface area contributed by atoms with Crippen molar-refractivity contribution in [3.8, 4) is 0 Å². The average Bonchev–Trinajstić information content (AvgIpc) is 2.86. The zero-order chi connectivity index (χ0) is 15.3. The summed E-state index contributed by atoms with van der Waals surface area (Å²) in [5.74, 6) is -0.615. The van der Waals surface area contributed by atoms with E-state index in [1.165, 1.54) is 0 Å². The number of amides is 3. The molecule has 0 aromatic rings. The summed E-state index contributed by atoms with van der Waals surface area (Å²) >= 11 is 0. The Morgan fingerprint density at radius 1 is 1.25 bits per heavy atom. The Bertz CT molecular complexity index is 382. The number of nitrogens with zero attached hydrogens (tertiary/aromatic N) is 1. The Labute approximate surface area is 120 Å². The van der Waals surface area contributed by atoms with Crippen molar-refractivity contribution in [1.82, 2.24) is 15.5 Å². The number of likely N-dealkylation sites (N-methyl/N-ethyl adjacent to an activating group) is 1. The lowest BCUT2D eigenvalue weighted by molar-refractivity contribution is -0.141. The molecule has 20 heavy (non-hydrogen) atoms. The third-order valence-corrected chi connectivity index (χ3v) is 3.44. The van der Waals surface area contributed by atoms with E-state index in [0.29, 0.717) is 19.5 Å².